The molecule has 0 atom stereocenters. The lowest BCUT2D eigenvalue weighted by atomic mass is 9.97. The molecule has 1 saturated heterocycles. The average molecular weight is 418 g/mol. The van der Waals surface area contributed by atoms with Crippen LogP contribution in [0.3, 0.4) is 0 Å². The van der Waals surface area contributed by atoms with Gasteiger partial charge in [0.1, 0.15) is 11.5 Å². The largest absolute Gasteiger partial charge is 0.497 e. The summed E-state index contributed by atoms with van der Waals surface area (Å²) >= 11 is 1.78. The molecule has 1 fully saturated rings. The van der Waals surface area contributed by atoms with E-state index in [4.69, 9.17) is 9.47 Å². The highest BCUT2D eigenvalue weighted by molar-refractivity contribution is 7.09. The molecule has 1 aromatic carbocycles. The molecule has 156 valence electrons. The molecule has 0 unspecified atom stereocenters. The number of nitrogens with one attached hydrogen (secondary N) is 2. The number of thiophene rings is 1. The number of piperidine rings is 1. The van der Waals surface area contributed by atoms with Crippen molar-refractivity contribution in [1.82, 2.24) is 10.2 Å². The minimum atomic E-state index is -0.705. The van der Waals surface area contributed by atoms with Crippen LogP contribution in [0.5, 0.6) is 11.5 Å². The van der Waals surface area contributed by atoms with Crippen LogP contribution in [0.1, 0.15) is 17.7 Å². The van der Waals surface area contributed by atoms with E-state index < -0.39 is 11.8 Å². The summed E-state index contributed by atoms with van der Waals surface area (Å²) in [6.07, 6.45) is 2.03. The fourth-order valence-electron chi connectivity index (χ4n) is 3.37. The van der Waals surface area contributed by atoms with Gasteiger partial charge in [0, 0.05) is 24.0 Å². The van der Waals surface area contributed by atoms with Gasteiger partial charge in [-0.3, -0.25) is 14.5 Å². The topological polar surface area (TPSA) is 79.9 Å². The van der Waals surface area contributed by atoms with Crippen molar-refractivity contribution in [3.05, 3.63) is 40.6 Å². The van der Waals surface area contributed by atoms with Crippen molar-refractivity contribution >= 4 is 28.8 Å². The number of likely N-dealkylation sites (tertiary alicyclic amines) is 1. The number of benzene rings is 1. The first-order valence-corrected chi connectivity index (χ1v) is 10.5. The van der Waals surface area contributed by atoms with Gasteiger partial charge in [-0.1, -0.05) is 6.07 Å². The molecule has 2 amide bonds. The van der Waals surface area contributed by atoms with Crippen molar-refractivity contribution < 1.29 is 19.1 Å². The van der Waals surface area contributed by atoms with Crippen LogP contribution in [0.15, 0.2) is 35.7 Å². The Morgan fingerprint density at radius 1 is 1.14 bits per heavy atom. The molecule has 2 aromatic rings. The Labute approximate surface area is 175 Å². The Kier molecular flexibility index (Phi) is 7.48. The van der Waals surface area contributed by atoms with Gasteiger partial charge in [-0.2, -0.15) is 0 Å². The van der Waals surface area contributed by atoms with Crippen molar-refractivity contribution in [2.45, 2.75) is 19.4 Å². The molecule has 1 aromatic heterocycles. The summed E-state index contributed by atoms with van der Waals surface area (Å²) < 4.78 is 10.4. The average Bonchev–Trinajstić information content (AvgIpc) is 3.26. The first kappa shape index (κ1) is 21.1. The van der Waals surface area contributed by atoms with Crippen molar-refractivity contribution in [2.75, 3.05) is 39.2 Å². The van der Waals surface area contributed by atoms with Gasteiger partial charge in [0.15, 0.2) is 0 Å². The zero-order valence-electron chi connectivity index (χ0n) is 16.8. The van der Waals surface area contributed by atoms with Gasteiger partial charge in [-0.25, -0.2) is 0 Å². The fourth-order valence-corrected chi connectivity index (χ4v) is 4.12. The van der Waals surface area contributed by atoms with E-state index in [-0.39, 0.29) is 0 Å². The zero-order chi connectivity index (χ0) is 20.6. The van der Waals surface area contributed by atoms with Crippen LogP contribution in [0, 0.1) is 5.92 Å². The summed E-state index contributed by atoms with van der Waals surface area (Å²) in [6.45, 7) is 3.52. The second-order valence-corrected chi connectivity index (χ2v) is 8.06. The normalized spacial score (nSPS) is 15.0. The lowest BCUT2D eigenvalue weighted by Gasteiger charge is -2.31. The maximum absolute atomic E-state index is 12.2. The number of hydrogen-bond acceptors (Lipinski definition) is 6. The molecule has 1 aliphatic heterocycles. The number of rotatable bonds is 7. The first-order chi connectivity index (χ1) is 14.1. The second kappa shape index (κ2) is 10.3. The highest BCUT2D eigenvalue weighted by Gasteiger charge is 2.22. The zero-order valence-corrected chi connectivity index (χ0v) is 17.6. The quantitative estimate of drug-likeness (QED) is 0.677. The monoisotopic (exact) mass is 417 g/mol. The number of methoxy groups -OCH3 is 2. The molecule has 0 spiro atoms. The Hall–Kier alpha value is -2.58. The van der Waals surface area contributed by atoms with Gasteiger partial charge < -0.3 is 20.1 Å². The van der Waals surface area contributed by atoms with E-state index in [0.29, 0.717) is 29.6 Å². The molecule has 7 nitrogen and oxygen atoms in total. The minimum absolute atomic E-state index is 0.391. The van der Waals surface area contributed by atoms with Crippen molar-refractivity contribution in [3.63, 3.8) is 0 Å². The van der Waals surface area contributed by atoms with Crippen LogP contribution in [-0.2, 0) is 16.1 Å². The SMILES string of the molecule is COc1ccc(NC(=O)C(=O)NCC2CCN(Cc3cccs3)CC2)c(OC)c1. The van der Waals surface area contributed by atoms with E-state index in [0.717, 1.165) is 32.5 Å². The summed E-state index contributed by atoms with van der Waals surface area (Å²) in [5.41, 5.74) is 0.426. The number of anilines is 1. The predicted molar refractivity (Wildman–Crippen MR) is 114 cm³/mol. The minimum Gasteiger partial charge on any atom is -0.497 e. The summed E-state index contributed by atoms with van der Waals surface area (Å²) in [5.74, 6) is 0.0904. The van der Waals surface area contributed by atoms with Gasteiger partial charge in [0.2, 0.25) is 0 Å². The third-order valence-corrected chi connectivity index (χ3v) is 5.94. The molecule has 2 heterocycles. The van der Waals surface area contributed by atoms with E-state index in [1.807, 2.05) is 0 Å². The fraction of sp³-hybridized carbons (Fsp3) is 0.429. The highest BCUT2D eigenvalue weighted by Crippen LogP contribution is 2.29. The second-order valence-electron chi connectivity index (χ2n) is 7.03. The Morgan fingerprint density at radius 3 is 2.59 bits per heavy atom. The third-order valence-electron chi connectivity index (χ3n) is 5.08. The smallest absolute Gasteiger partial charge is 0.313 e. The van der Waals surface area contributed by atoms with Gasteiger partial charge in [-0.15, -0.1) is 11.3 Å². The van der Waals surface area contributed by atoms with Crippen LogP contribution in [0.4, 0.5) is 5.69 Å². The van der Waals surface area contributed by atoms with Crippen LogP contribution >= 0.6 is 11.3 Å². The molecule has 8 heteroatoms. The third kappa shape index (κ3) is 5.95. The summed E-state index contributed by atoms with van der Waals surface area (Å²) in [6, 6.07) is 9.23. The number of carbonyl (C=O) groups excluding carboxylic acids is 2. The van der Waals surface area contributed by atoms with Crippen LogP contribution < -0.4 is 20.1 Å². The number of amides is 2. The standard InChI is InChI=1S/C21H27N3O4S/c1-27-16-5-6-18(19(12-16)28-2)23-21(26)20(25)22-13-15-7-9-24(10-8-15)14-17-4-3-11-29-17/h3-6,11-12,15H,7-10,13-14H2,1-2H3,(H,22,25)(H,23,26). The maximum Gasteiger partial charge on any atom is 0.313 e. The maximum atomic E-state index is 12.2. The van der Waals surface area contributed by atoms with Crippen LogP contribution in [0.25, 0.3) is 0 Å². The van der Waals surface area contributed by atoms with Crippen molar-refractivity contribution in [2.24, 2.45) is 5.92 Å². The molecule has 2 N–H and O–H groups in total. The number of hydrogen-bond donors (Lipinski definition) is 2. The van der Waals surface area contributed by atoms with Crippen LogP contribution in [0.2, 0.25) is 0 Å². The molecule has 0 bridgehead atoms. The number of carbonyl (C=O) groups is 2. The van der Waals surface area contributed by atoms with E-state index >= 15 is 0 Å². The van der Waals surface area contributed by atoms with Crippen molar-refractivity contribution in [1.29, 1.82) is 0 Å². The number of ether oxygens (including phenoxy) is 2. The Balaban J connectivity index is 1.42. The molecule has 0 aliphatic carbocycles. The van der Waals surface area contributed by atoms with Crippen molar-refractivity contribution in [3.8, 4) is 11.5 Å². The summed E-state index contributed by atoms with van der Waals surface area (Å²) in [4.78, 5) is 28.2. The lowest BCUT2D eigenvalue weighted by molar-refractivity contribution is -0.136. The first-order valence-electron chi connectivity index (χ1n) is 9.65. The number of nitrogens with zero attached hydrogens (tertiary/aromatic N) is 1. The predicted octanol–water partition coefficient (Wildman–Crippen LogP) is 2.73. The molecule has 3 rings (SSSR count). The van der Waals surface area contributed by atoms with E-state index in [9.17, 15) is 9.59 Å². The summed E-state index contributed by atoms with van der Waals surface area (Å²) in [5, 5.41) is 7.45. The van der Waals surface area contributed by atoms with Gasteiger partial charge in [0.05, 0.1) is 19.9 Å². The molecular weight excluding hydrogens is 390 g/mol. The molecule has 29 heavy (non-hydrogen) atoms. The van der Waals surface area contributed by atoms with Crippen LogP contribution in [-0.4, -0.2) is 50.6 Å². The summed E-state index contributed by atoms with van der Waals surface area (Å²) in [7, 11) is 3.04. The lowest BCUT2D eigenvalue weighted by Crippen LogP contribution is -2.41. The Morgan fingerprint density at radius 2 is 1.93 bits per heavy atom. The van der Waals surface area contributed by atoms with Gasteiger partial charge in [-0.05, 0) is 55.4 Å². The van der Waals surface area contributed by atoms with E-state index in [2.05, 4.69) is 33.0 Å². The highest BCUT2D eigenvalue weighted by atomic mass is 32.1. The van der Waals surface area contributed by atoms with E-state index in [1.165, 1.54) is 12.0 Å². The Bertz CT molecular complexity index is 817. The molecule has 0 radical (unpaired) electrons. The van der Waals surface area contributed by atoms with E-state index in [1.54, 1.807) is 36.6 Å². The molecular formula is C21H27N3O4S. The van der Waals surface area contributed by atoms with Gasteiger partial charge >= 0.3 is 11.8 Å². The molecule has 1 aliphatic rings. The van der Waals surface area contributed by atoms with Gasteiger partial charge in [0.25, 0.3) is 0 Å². The molecule has 0 saturated carbocycles.